The van der Waals surface area contributed by atoms with E-state index in [1.54, 1.807) is 11.6 Å². The maximum atomic E-state index is 9.19. The first-order valence-electron chi connectivity index (χ1n) is 4.46. The van der Waals surface area contributed by atoms with E-state index in [-0.39, 0.29) is 5.88 Å². The van der Waals surface area contributed by atoms with E-state index in [0.29, 0.717) is 0 Å². The van der Waals surface area contributed by atoms with E-state index in [1.807, 2.05) is 24.3 Å². The maximum absolute atomic E-state index is 9.19. The topological polar surface area (TPSA) is 46.3 Å². The summed E-state index contributed by atoms with van der Waals surface area (Å²) < 4.78 is 5.40. The summed E-state index contributed by atoms with van der Waals surface area (Å²) in [5, 5.41) is 12.6. The lowest BCUT2D eigenvalue weighted by Crippen LogP contribution is -1.72. The number of furan rings is 1. The van der Waals surface area contributed by atoms with Gasteiger partial charge in [-0.05, 0) is 6.07 Å². The van der Waals surface area contributed by atoms with Gasteiger partial charge in [0.05, 0.1) is 10.9 Å². The van der Waals surface area contributed by atoms with E-state index in [0.717, 1.165) is 21.5 Å². The molecule has 0 saturated heterocycles. The highest BCUT2D eigenvalue weighted by molar-refractivity contribution is 7.13. The number of hydrogen-bond donors (Lipinski definition) is 1. The highest BCUT2D eigenvalue weighted by atomic mass is 32.1. The third kappa shape index (κ3) is 1.30. The Morgan fingerprint density at radius 2 is 2.13 bits per heavy atom. The second-order valence-electron chi connectivity index (χ2n) is 3.16. The van der Waals surface area contributed by atoms with Gasteiger partial charge in [0, 0.05) is 5.39 Å². The lowest BCUT2D eigenvalue weighted by Gasteiger charge is -1.90. The Hall–Kier alpha value is -1.81. The standard InChI is InChI=1S/C11H7NO2S/c13-10-6-15-11(12-10)8-5-14-9-4-2-1-3-7(8)9/h1-6,13H. The van der Waals surface area contributed by atoms with Gasteiger partial charge in [-0.25, -0.2) is 4.98 Å². The fourth-order valence-corrected chi connectivity index (χ4v) is 2.23. The first-order chi connectivity index (χ1) is 7.34. The van der Waals surface area contributed by atoms with Crippen LogP contribution in [0.3, 0.4) is 0 Å². The van der Waals surface area contributed by atoms with Crippen LogP contribution in [0.5, 0.6) is 5.88 Å². The molecule has 4 heteroatoms. The Bertz CT molecular complexity index is 612. The van der Waals surface area contributed by atoms with Crippen LogP contribution in [0.4, 0.5) is 0 Å². The highest BCUT2D eigenvalue weighted by Gasteiger charge is 2.10. The van der Waals surface area contributed by atoms with Crippen molar-refractivity contribution in [2.75, 3.05) is 0 Å². The molecule has 1 aromatic carbocycles. The molecule has 2 aromatic heterocycles. The summed E-state index contributed by atoms with van der Waals surface area (Å²) in [6.45, 7) is 0. The molecule has 3 rings (SSSR count). The molecule has 0 saturated carbocycles. The number of benzene rings is 1. The molecule has 1 N–H and O–H groups in total. The van der Waals surface area contributed by atoms with Crippen LogP contribution in [-0.2, 0) is 0 Å². The third-order valence-electron chi connectivity index (χ3n) is 2.20. The van der Waals surface area contributed by atoms with Crippen LogP contribution < -0.4 is 0 Å². The predicted octanol–water partition coefficient (Wildman–Crippen LogP) is 3.26. The van der Waals surface area contributed by atoms with E-state index in [2.05, 4.69) is 4.98 Å². The zero-order valence-corrected chi connectivity index (χ0v) is 8.49. The van der Waals surface area contributed by atoms with Gasteiger partial charge < -0.3 is 9.52 Å². The van der Waals surface area contributed by atoms with E-state index in [9.17, 15) is 5.11 Å². The maximum Gasteiger partial charge on any atom is 0.222 e. The van der Waals surface area contributed by atoms with Crippen LogP contribution in [0.1, 0.15) is 0 Å². The quantitative estimate of drug-likeness (QED) is 0.680. The highest BCUT2D eigenvalue weighted by Crippen LogP contribution is 2.33. The monoisotopic (exact) mass is 217 g/mol. The number of thiazole rings is 1. The van der Waals surface area contributed by atoms with Crippen molar-refractivity contribution in [3.8, 4) is 16.5 Å². The second-order valence-corrected chi connectivity index (χ2v) is 4.01. The average molecular weight is 217 g/mol. The van der Waals surface area contributed by atoms with Gasteiger partial charge in [-0.2, -0.15) is 0 Å². The number of nitrogens with zero attached hydrogens (tertiary/aromatic N) is 1. The van der Waals surface area contributed by atoms with Crippen molar-refractivity contribution in [3.63, 3.8) is 0 Å². The molecule has 74 valence electrons. The fraction of sp³-hybridized carbons (Fsp3) is 0. The number of hydrogen-bond acceptors (Lipinski definition) is 4. The molecule has 0 amide bonds. The Kier molecular flexibility index (Phi) is 1.76. The largest absolute Gasteiger partial charge is 0.493 e. The van der Waals surface area contributed by atoms with Crippen molar-refractivity contribution in [2.45, 2.75) is 0 Å². The van der Waals surface area contributed by atoms with Gasteiger partial charge >= 0.3 is 0 Å². The molecular weight excluding hydrogens is 210 g/mol. The lowest BCUT2D eigenvalue weighted by atomic mass is 10.2. The Labute approximate surface area is 89.6 Å². The van der Waals surface area contributed by atoms with E-state index in [1.165, 1.54) is 11.3 Å². The molecule has 0 spiro atoms. The molecule has 15 heavy (non-hydrogen) atoms. The zero-order valence-electron chi connectivity index (χ0n) is 7.68. The molecule has 0 radical (unpaired) electrons. The van der Waals surface area contributed by atoms with Gasteiger partial charge in [-0.3, -0.25) is 0 Å². The Morgan fingerprint density at radius 1 is 1.27 bits per heavy atom. The normalized spacial score (nSPS) is 10.9. The number of aromatic nitrogens is 1. The first kappa shape index (κ1) is 8.49. The Balaban J connectivity index is 2.27. The average Bonchev–Trinajstić information content (AvgIpc) is 2.83. The number of aromatic hydroxyl groups is 1. The van der Waals surface area contributed by atoms with Crippen LogP contribution in [0.15, 0.2) is 40.3 Å². The summed E-state index contributed by atoms with van der Waals surface area (Å²) in [5.41, 5.74) is 1.76. The van der Waals surface area contributed by atoms with Gasteiger partial charge in [-0.15, -0.1) is 11.3 Å². The number of para-hydroxylation sites is 1. The smallest absolute Gasteiger partial charge is 0.222 e. The molecule has 0 fully saturated rings. The van der Waals surface area contributed by atoms with Crippen LogP contribution in [0, 0.1) is 0 Å². The number of fused-ring (bicyclic) bond motifs is 1. The number of rotatable bonds is 1. The fourth-order valence-electron chi connectivity index (χ4n) is 1.53. The second kappa shape index (κ2) is 3.10. The molecule has 2 heterocycles. The van der Waals surface area contributed by atoms with E-state index >= 15 is 0 Å². The summed E-state index contributed by atoms with van der Waals surface area (Å²) in [6.07, 6.45) is 1.67. The van der Waals surface area contributed by atoms with Gasteiger partial charge in [0.15, 0.2) is 0 Å². The minimum Gasteiger partial charge on any atom is -0.493 e. The molecule has 0 aliphatic heterocycles. The van der Waals surface area contributed by atoms with Crippen molar-refractivity contribution >= 4 is 22.3 Å². The van der Waals surface area contributed by atoms with Gasteiger partial charge in [0.25, 0.3) is 0 Å². The van der Waals surface area contributed by atoms with Gasteiger partial charge in [-0.1, -0.05) is 18.2 Å². The van der Waals surface area contributed by atoms with Crippen molar-refractivity contribution in [2.24, 2.45) is 0 Å². The molecule has 0 aliphatic carbocycles. The molecule has 3 aromatic rings. The third-order valence-corrected chi connectivity index (χ3v) is 3.07. The molecular formula is C11H7NO2S. The summed E-state index contributed by atoms with van der Waals surface area (Å²) in [4.78, 5) is 4.02. The van der Waals surface area contributed by atoms with Crippen LogP contribution in [0.2, 0.25) is 0 Å². The summed E-state index contributed by atoms with van der Waals surface area (Å²) in [6, 6.07) is 7.77. The summed E-state index contributed by atoms with van der Waals surface area (Å²) in [5.74, 6) is 0.0558. The van der Waals surface area contributed by atoms with Crippen molar-refractivity contribution in [1.29, 1.82) is 0 Å². The summed E-state index contributed by atoms with van der Waals surface area (Å²) >= 11 is 1.40. The molecule has 0 aliphatic rings. The Morgan fingerprint density at radius 3 is 2.93 bits per heavy atom. The van der Waals surface area contributed by atoms with E-state index in [4.69, 9.17) is 4.42 Å². The van der Waals surface area contributed by atoms with Crippen LogP contribution in [0.25, 0.3) is 21.5 Å². The van der Waals surface area contributed by atoms with E-state index < -0.39 is 0 Å². The SMILES string of the molecule is Oc1csc(-c2coc3ccccc23)n1. The van der Waals surface area contributed by atoms with Gasteiger partial charge in [0.1, 0.15) is 16.9 Å². The minimum absolute atomic E-state index is 0.0558. The molecule has 0 atom stereocenters. The van der Waals surface area contributed by atoms with Crippen molar-refractivity contribution in [1.82, 2.24) is 4.98 Å². The zero-order chi connectivity index (χ0) is 10.3. The predicted molar refractivity (Wildman–Crippen MR) is 59.0 cm³/mol. The van der Waals surface area contributed by atoms with Crippen molar-refractivity contribution < 1.29 is 9.52 Å². The molecule has 0 bridgehead atoms. The minimum atomic E-state index is 0.0558. The van der Waals surface area contributed by atoms with Crippen molar-refractivity contribution in [3.05, 3.63) is 35.9 Å². The van der Waals surface area contributed by atoms with Crippen LogP contribution in [-0.4, -0.2) is 10.1 Å². The first-order valence-corrected chi connectivity index (χ1v) is 5.33. The lowest BCUT2D eigenvalue weighted by molar-refractivity contribution is 0.458. The molecule has 3 nitrogen and oxygen atoms in total. The molecule has 0 unspecified atom stereocenters. The van der Waals surface area contributed by atoms with Gasteiger partial charge in [0.2, 0.25) is 5.88 Å². The summed E-state index contributed by atoms with van der Waals surface area (Å²) in [7, 11) is 0. The van der Waals surface area contributed by atoms with Crippen LogP contribution >= 0.6 is 11.3 Å².